The van der Waals surface area contributed by atoms with Crippen LogP contribution in [0.2, 0.25) is 0 Å². The number of hydrogen-bond acceptors (Lipinski definition) is 7. The summed E-state index contributed by atoms with van der Waals surface area (Å²) >= 11 is 0. The van der Waals surface area contributed by atoms with E-state index in [4.69, 9.17) is 14.2 Å². The molecule has 0 spiro atoms. The molecule has 0 N–H and O–H groups in total. The molecule has 8 nitrogen and oxygen atoms in total. The van der Waals surface area contributed by atoms with Gasteiger partial charge in [0.15, 0.2) is 0 Å². The number of methoxy groups -OCH3 is 2. The molecule has 3 rings (SSSR count). The van der Waals surface area contributed by atoms with Crippen LogP contribution in [0.1, 0.15) is 11.1 Å². The zero-order chi connectivity index (χ0) is 20.6. The number of benzene rings is 1. The summed E-state index contributed by atoms with van der Waals surface area (Å²) in [6.45, 7) is 0.0502. The Bertz CT molecular complexity index is 1050. The van der Waals surface area contributed by atoms with Crippen LogP contribution in [0.5, 0.6) is 5.88 Å². The van der Waals surface area contributed by atoms with E-state index in [9.17, 15) is 9.59 Å². The number of aliphatic imine (C=N–C) groups is 1. The molecule has 0 saturated carbocycles. The van der Waals surface area contributed by atoms with Gasteiger partial charge in [0.2, 0.25) is 5.88 Å². The lowest BCUT2D eigenvalue weighted by atomic mass is 10.1. The Labute approximate surface area is 167 Å². The molecule has 2 heterocycles. The average Bonchev–Trinajstić information content (AvgIpc) is 2.77. The molecule has 8 heteroatoms. The molecule has 0 aliphatic heterocycles. The highest BCUT2D eigenvalue weighted by atomic mass is 16.5. The van der Waals surface area contributed by atoms with Crippen LogP contribution >= 0.6 is 0 Å². The lowest BCUT2D eigenvalue weighted by Gasteiger charge is -2.08. The summed E-state index contributed by atoms with van der Waals surface area (Å²) in [5.74, 6) is -0.319. The molecule has 0 unspecified atom stereocenters. The minimum absolute atomic E-state index is 0.0201. The Balaban J connectivity index is 1.84. The maximum atomic E-state index is 12.2. The van der Waals surface area contributed by atoms with Crippen molar-refractivity contribution in [3.05, 3.63) is 65.9 Å². The van der Waals surface area contributed by atoms with Gasteiger partial charge in [-0.15, -0.1) is 0 Å². The third kappa shape index (κ3) is 5.13. The van der Waals surface area contributed by atoms with Gasteiger partial charge >= 0.3 is 12.1 Å². The predicted octanol–water partition coefficient (Wildman–Crippen LogP) is 3.13. The lowest BCUT2D eigenvalue weighted by molar-refractivity contribution is -0.132. The number of hydrogen-bond donors (Lipinski definition) is 0. The number of nitrogens with zero attached hydrogens (tertiary/aromatic N) is 3. The standard InChI is InChI=1S/C21H19N3O5/c1-27-18-9-8-16-19(24-18)15(10-11-22-16)12-17(20(25)28-2)23-21(26)29-13-14-6-4-3-5-7-14/h3-11H,12-13H2,1-2H3. The van der Waals surface area contributed by atoms with Crippen molar-refractivity contribution in [2.24, 2.45) is 4.99 Å². The third-order valence-corrected chi connectivity index (χ3v) is 4.06. The molecule has 1 aromatic carbocycles. The van der Waals surface area contributed by atoms with Crippen LogP contribution in [0, 0.1) is 0 Å². The molecule has 29 heavy (non-hydrogen) atoms. The van der Waals surface area contributed by atoms with E-state index in [2.05, 4.69) is 15.0 Å². The highest BCUT2D eigenvalue weighted by Crippen LogP contribution is 2.19. The Hall–Kier alpha value is -3.81. The number of esters is 1. The molecule has 2 aromatic heterocycles. The van der Waals surface area contributed by atoms with E-state index in [0.717, 1.165) is 5.56 Å². The number of rotatable bonds is 6. The van der Waals surface area contributed by atoms with Gasteiger partial charge in [-0.25, -0.2) is 14.6 Å². The summed E-state index contributed by atoms with van der Waals surface area (Å²) in [4.78, 5) is 36.7. The molecule has 0 bridgehead atoms. The smallest absolute Gasteiger partial charge is 0.434 e. The monoisotopic (exact) mass is 393 g/mol. The normalized spacial score (nSPS) is 11.2. The highest BCUT2D eigenvalue weighted by molar-refractivity contribution is 6.38. The van der Waals surface area contributed by atoms with Crippen molar-refractivity contribution in [3.8, 4) is 5.88 Å². The summed E-state index contributed by atoms with van der Waals surface area (Å²) in [5, 5.41) is 0. The van der Waals surface area contributed by atoms with Crippen molar-refractivity contribution in [3.63, 3.8) is 0 Å². The molecule has 0 aliphatic carbocycles. The fourth-order valence-corrected chi connectivity index (χ4v) is 2.63. The summed E-state index contributed by atoms with van der Waals surface area (Å²) in [5.41, 5.74) is 2.53. The van der Waals surface area contributed by atoms with E-state index in [1.807, 2.05) is 30.3 Å². The second-order valence-corrected chi connectivity index (χ2v) is 5.96. The molecule has 148 valence electrons. The second kappa shape index (κ2) is 9.41. The molecule has 0 aliphatic rings. The first-order chi connectivity index (χ1) is 14.1. The van der Waals surface area contributed by atoms with Gasteiger partial charge < -0.3 is 14.2 Å². The van der Waals surface area contributed by atoms with Crippen LogP contribution in [-0.2, 0) is 27.3 Å². The van der Waals surface area contributed by atoms with Crippen LogP contribution in [0.25, 0.3) is 11.0 Å². The van der Waals surface area contributed by atoms with Gasteiger partial charge in [-0.1, -0.05) is 30.3 Å². The van der Waals surface area contributed by atoms with Crippen LogP contribution in [-0.4, -0.2) is 42.0 Å². The molecular weight excluding hydrogens is 374 g/mol. The van der Waals surface area contributed by atoms with Crippen LogP contribution < -0.4 is 4.74 Å². The van der Waals surface area contributed by atoms with E-state index in [0.29, 0.717) is 22.5 Å². The zero-order valence-electron chi connectivity index (χ0n) is 16.0. The van der Waals surface area contributed by atoms with Gasteiger partial charge in [0.25, 0.3) is 0 Å². The highest BCUT2D eigenvalue weighted by Gasteiger charge is 2.18. The SMILES string of the molecule is COC(=O)C(Cc1ccnc2ccc(OC)nc12)=NC(=O)OCc1ccccc1. The number of carbonyl (C=O) groups is 2. The van der Waals surface area contributed by atoms with E-state index < -0.39 is 12.1 Å². The van der Waals surface area contributed by atoms with Crippen LogP contribution in [0.15, 0.2) is 59.7 Å². The Morgan fingerprint density at radius 1 is 1.03 bits per heavy atom. The van der Waals surface area contributed by atoms with Crippen molar-refractivity contribution in [1.29, 1.82) is 0 Å². The molecule has 0 atom stereocenters. The number of ether oxygens (including phenoxy) is 3. The van der Waals surface area contributed by atoms with E-state index >= 15 is 0 Å². The maximum absolute atomic E-state index is 12.2. The quantitative estimate of drug-likeness (QED) is 0.468. The third-order valence-electron chi connectivity index (χ3n) is 4.06. The topological polar surface area (TPSA) is 100.0 Å². The van der Waals surface area contributed by atoms with Crippen LogP contribution in [0.3, 0.4) is 0 Å². The summed E-state index contributed by atoms with van der Waals surface area (Å²) in [6, 6.07) is 14.3. The second-order valence-electron chi connectivity index (χ2n) is 5.96. The number of aromatic nitrogens is 2. The minimum Gasteiger partial charge on any atom is -0.481 e. The minimum atomic E-state index is -0.877. The maximum Gasteiger partial charge on any atom is 0.434 e. The van der Waals surface area contributed by atoms with Gasteiger partial charge in [-0.2, -0.15) is 4.99 Å². The Morgan fingerprint density at radius 3 is 2.55 bits per heavy atom. The molecule has 0 saturated heterocycles. The van der Waals surface area contributed by atoms with E-state index in [1.54, 1.807) is 24.4 Å². The van der Waals surface area contributed by atoms with E-state index in [-0.39, 0.29) is 18.7 Å². The van der Waals surface area contributed by atoms with Gasteiger partial charge in [0.1, 0.15) is 12.3 Å². The van der Waals surface area contributed by atoms with Crippen molar-refractivity contribution in [2.75, 3.05) is 14.2 Å². The van der Waals surface area contributed by atoms with Crippen molar-refractivity contribution in [2.45, 2.75) is 13.0 Å². The average molecular weight is 393 g/mol. The van der Waals surface area contributed by atoms with E-state index in [1.165, 1.54) is 14.2 Å². The number of carbonyl (C=O) groups excluding carboxylic acids is 2. The van der Waals surface area contributed by atoms with Gasteiger partial charge in [-0.3, -0.25) is 4.98 Å². The molecule has 3 aromatic rings. The van der Waals surface area contributed by atoms with Crippen LogP contribution in [0.4, 0.5) is 4.79 Å². The van der Waals surface area contributed by atoms with Crippen molar-refractivity contribution < 1.29 is 23.8 Å². The molecular formula is C21H19N3O5. The van der Waals surface area contributed by atoms with Gasteiger partial charge in [0.05, 0.1) is 25.3 Å². The first-order valence-electron chi connectivity index (χ1n) is 8.76. The molecule has 0 radical (unpaired) electrons. The lowest BCUT2D eigenvalue weighted by Crippen LogP contribution is -2.21. The summed E-state index contributed by atoms with van der Waals surface area (Å²) in [7, 11) is 2.73. The van der Waals surface area contributed by atoms with Gasteiger partial charge in [-0.05, 0) is 23.3 Å². The molecule has 0 fully saturated rings. The van der Waals surface area contributed by atoms with Gasteiger partial charge in [0, 0.05) is 18.7 Å². The largest absolute Gasteiger partial charge is 0.481 e. The van der Waals surface area contributed by atoms with Crippen molar-refractivity contribution in [1.82, 2.24) is 9.97 Å². The number of amides is 1. The van der Waals surface area contributed by atoms with Crippen molar-refractivity contribution >= 4 is 28.8 Å². The predicted molar refractivity (Wildman–Crippen MR) is 106 cm³/mol. The Kier molecular flexibility index (Phi) is 6.47. The first-order valence-corrected chi connectivity index (χ1v) is 8.76. The first kappa shape index (κ1) is 19.9. The fraction of sp³-hybridized carbons (Fsp3) is 0.190. The number of fused-ring (bicyclic) bond motifs is 1. The Morgan fingerprint density at radius 2 is 1.83 bits per heavy atom. The summed E-state index contributed by atoms with van der Waals surface area (Å²) in [6.07, 6.45) is 0.735. The zero-order valence-corrected chi connectivity index (χ0v) is 16.0. The molecule has 1 amide bonds. The fourth-order valence-electron chi connectivity index (χ4n) is 2.63. The summed E-state index contributed by atoms with van der Waals surface area (Å²) < 4.78 is 15.1. The number of pyridine rings is 2.